The van der Waals surface area contributed by atoms with E-state index in [9.17, 15) is 4.79 Å². The highest BCUT2D eigenvalue weighted by Gasteiger charge is 2.08. The molecule has 0 aliphatic rings. The lowest BCUT2D eigenvalue weighted by Gasteiger charge is -2.13. The maximum Gasteiger partial charge on any atom is 0.255 e. The topological polar surface area (TPSA) is 31.2 Å². The number of aromatic nitrogens is 1. The van der Waals surface area contributed by atoms with Crippen molar-refractivity contribution in [2.24, 2.45) is 0 Å². The third-order valence-corrected chi connectivity index (χ3v) is 3.26. The van der Waals surface area contributed by atoms with Crippen molar-refractivity contribution in [2.45, 2.75) is 32.1 Å². The first-order valence-corrected chi connectivity index (χ1v) is 6.48. The van der Waals surface area contributed by atoms with Crippen LogP contribution in [0, 0.1) is 13.8 Å². The Hall–Kier alpha value is -0.610. The zero-order valence-corrected chi connectivity index (χ0v) is 11.6. The van der Waals surface area contributed by atoms with Gasteiger partial charge in [-0.15, -0.1) is 0 Å². The van der Waals surface area contributed by atoms with Crippen molar-refractivity contribution >= 4 is 15.9 Å². The molecule has 0 fully saturated rings. The van der Waals surface area contributed by atoms with E-state index in [0.29, 0.717) is 11.9 Å². The number of aryl methyl sites for hydroxylation is 2. The van der Waals surface area contributed by atoms with Crippen LogP contribution < -0.4 is 5.56 Å². The Morgan fingerprint density at radius 1 is 1.44 bits per heavy atom. The highest BCUT2D eigenvalue weighted by molar-refractivity contribution is 9.08. The fraction of sp³-hybridized carbons (Fsp3) is 0.583. The number of hydrogen-bond donors (Lipinski definition) is 0. The van der Waals surface area contributed by atoms with E-state index in [1.807, 2.05) is 18.4 Å². The van der Waals surface area contributed by atoms with Gasteiger partial charge in [-0.3, -0.25) is 4.79 Å². The summed E-state index contributed by atoms with van der Waals surface area (Å²) in [4.78, 5) is 12.1. The number of methoxy groups -OCH3 is 1. The molecule has 0 saturated carbocycles. The fourth-order valence-electron chi connectivity index (χ4n) is 1.78. The molecule has 0 amide bonds. The summed E-state index contributed by atoms with van der Waals surface area (Å²) in [5.74, 6) is 0. The van der Waals surface area contributed by atoms with Crippen LogP contribution in [-0.4, -0.2) is 18.3 Å². The van der Waals surface area contributed by atoms with Crippen LogP contribution >= 0.6 is 15.9 Å². The number of halogens is 1. The second kappa shape index (κ2) is 6.21. The molecule has 1 aromatic heterocycles. The quantitative estimate of drug-likeness (QED) is 0.615. The molecule has 1 aromatic rings. The van der Waals surface area contributed by atoms with Crippen LogP contribution in [0.2, 0.25) is 0 Å². The molecular weight excluding hydrogens is 270 g/mol. The molecule has 0 aliphatic carbocycles. The van der Waals surface area contributed by atoms with Crippen LogP contribution in [0.4, 0.5) is 0 Å². The third-order valence-electron chi connectivity index (χ3n) is 2.69. The lowest BCUT2D eigenvalue weighted by atomic mass is 10.1. The summed E-state index contributed by atoms with van der Waals surface area (Å²) < 4.78 is 6.82. The Balaban J connectivity index is 3.04. The molecule has 0 spiro atoms. The molecule has 0 aromatic carbocycles. The molecule has 0 N–H and O–H groups in total. The number of rotatable bonds is 5. The predicted molar refractivity (Wildman–Crippen MR) is 69.3 cm³/mol. The summed E-state index contributed by atoms with van der Waals surface area (Å²) in [5, 5.41) is 0.613. The highest BCUT2D eigenvalue weighted by atomic mass is 79.9. The Labute approximate surface area is 105 Å². The summed E-state index contributed by atoms with van der Waals surface area (Å²) in [6.45, 7) is 5.35. The van der Waals surface area contributed by atoms with Gasteiger partial charge < -0.3 is 9.30 Å². The zero-order chi connectivity index (χ0) is 12.1. The largest absolute Gasteiger partial charge is 0.385 e. The lowest BCUT2D eigenvalue weighted by molar-refractivity contribution is 0.189. The Bertz CT molecular complexity index is 412. The monoisotopic (exact) mass is 287 g/mol. The summed E-state index contributed by atoms with van der Waals surface area (Å²) in [6.07, 6.45) is 0.863. The van der Waals surface area contributed by atoms with Gasteiger partial charge in [-0.05, 0) is 31.9 Å². The second-order valence-corrected chi connectivity index (χ2v) is 4.44. The number of ether oxygens (including phenoxy) is 1. The van der Waals surface area contributed by atoms with E-state index in [0.717, 1.165) is 29.8 Å². The average molecular weight is 288 g/mol. The summed E-state index contributed by atoms with van der Waals surface area (Å²) in [6, 6.07) is 2.06. The molecule has 0 saturated heterocycles. The van der Waals surface area contributed by atoms with Gasteiger partial charge >= 0.3 is 0 Å². The van der Waals surface area contributed by atoms with Gasteiger partial charge in [0, 0.05) is 36.8 Å². The van der Waals surface area contributed by atoms with E-state index < -0.39 is 0 Å². The van der Waals surface area contributed by atoms with Gasteiger partial charge in [0.1, 0.15) is 0 Å². The van der Waals surface area contributed by atoms with E-state index in [1.165, 1.54) is 0 Å². The van der Waals surface area contributed by atoms with Crippen molar-refractivity contribution in [3.63, 3.8) is 0 Å². The van der Waals surface area contributed by atoms with Crippen LogP contribution in [0.3, 0.4) is 0 Å². The first-order valence-electron chi connectivity index (χ1n) is 5.36. The molecule has 0 bridgehead atoms. The number of hydrogen-bond acceptors (Lipinski definition) is 2. The SMILES string of the molecule is COCCCn1c(C)cc(C)c(CBr)c1=O. The maximum absolute atomic E-state index is 12.1. The number of nitrogens with zero attached hydrogens (tertiary/aromatic N) is 1. The van der Waals surface area contributed by atoms with E-state index >= 15 is 0 Å². The highest BCUT2D eigenvalue weighted by Crippen LogP contribution is 2.09. The lowest BCUT2D eigenvalue weighted by Crippen LogP contribution is -2.26. The van der Waals surface area contributed by atoms with Gasteiger partial charge in [-0.1, -0.05) is 15.9 Å². The van der Waals surface area contributed by atoms with Gasteiger partial charge in [-0.2, -0.15) is 0 Å². The van der Waals surface area contributed by atoms with Gasteiger partial charge in [-0.25, -0.2) is 0 Å². The molecule has 1 heterocycles. The van der Waals surface area contributed by atoms with Crippen LogP contribution in [0.5, 0.6) is 0 Å². The molecule has 0 atom stereocenters. The minimum absolute atomic E-state index is 0.116. The molecule has 90 valence electrons. The van der Waals surface area contributed by atoms with E-state index in [2.05, 4.69) is 22.0 Å². The van der Waals surface area contributed by atoms with Crippen molar-refractivity contribution in [3.8, 4) is 0 Å². The Morgan fingerprint density at radius 3 is 2.69 bits per heavy atom. The number of pyridine rings is 1. The molecule has 3 nitrogen and oxygen atoms in total. The summed E-state index contributed by atoms with van der Waals surface area (Å²) >= 11 is 3.36. The standard InChI is InChI=1S/C12H18BrNO2/c1-9-7-10(2)14(5-4-6-16-3)12(15)11(9)8-13/h7H,4-6,8H2,1-3H3. The Kier molecular flexibility index (Phi) is 5.22. The van der Waals surface area contributed by atoms with Crippen LogP contribution in [0.25, 0.3) is 0 Å². The smallest absolute Gasteiger partial charge is 0.255 e. The molecule has 0 unspecified atom stereocenters. The molecular formula is C12H18BrNO2. The van der Waals surface area contributed by atoms with Crippen molar-refractivity contribution in [3.05, 3.63) is 33.2 Å². The zero-order valence-electron chi connectivity index (χ0n) is 10.0. The molecule has 0 radical (unpaired) electrons. The van der Waals surface area contributed by atoms with Crippen LogP contribution in [-0.2, 0) is 16.6 Å². The normalized spacial score (nSPS) is 10.8. The van der Waals surface area contributed by atoms with Crippen LogP contribution in [0.15, 0.2) is 10.9 Å². The summed E-state index contributed by atoms with van der Waals surface area (Å²) in [7, 11) is 1.68. The van der Waals surface area contributed by atoms with Crippen molar-refractivity contribution in [1.82, 2.24) is 4.57 Å². The number of alkyl halides is 1. The molecule has 4 heteroatoms. The third kappa shape index (κ3) is 2.95. The van der Waals surface area contributed by atoms with Crippen LogP contribution in [0.1, 0.15) is 23.2 Å². The second-order valence-electron chi connectivity index (χ2n) is 3.88. The first-order chi connectivity index (χ1) is 7.61. The Morgan fingerprint density at radius 2 is 2.12 bits per heavy atom. The van der Waals surface area contributed by atoms with Gasteiger partial charge in [0.2, 0.25) is 0 Å². The van der Waals surface area contributed by atoms with E-state index in [1.54, 1.807) is 7.11 Å². The van der Waals surface area contributed by atoms with E-state index in [4.69, 9.17) is 4.74 Å². The minimum Gasteiger partial charge on any atom is -0.385 e. The van der Waals surface area contributed by atoms with E-state index in [-0.39, 0.29) is 5.56 Å². The molecule has 1 rings (SSSR count). The summed E-state index contributed by atoms with van der Waals surface area (Å²) in [5.41, 5.74) is 3.04. The average Bonchev–Trinajstić information content (AvgIpc) is 2.23. The molecule has 16 heavy (non-hydrogen) atoms. The first kappa shape index (κ1) is 13.5. The van der Waals surface area contributed by atoms with Gasteiger partial charge in [0.25, 0.3) is 5.56 Å². The fourth-order valence-corrected chi connectivity index (χ4v) is 2.46. The van der Waals surface area contributed by atoms with Crippen molar-refractivity contribution in [1.29, 1.82) is 0 Å². The van der Waals surface area contributed by atoms with Gasteiger partial charge in [0.15, 0.2) is 0 Å². The maximum atomic E-state index is 12.1. The van der Waals surface area contributed by atoms with Crippen molar-refractivity contribution in [2.75, 3.05) is 13.7 Å². The van der Waals surface area contributed by atoms with Crippen molar-refractivity contribution < 1.29 is 4.74 Å². The minimum atomic E-state index is 0.116. The predicted octanol–water partition coefficient (Wildman–Crippen LogP) is 2.40. The molecule has 0 aliphatic heterocycles. The van der Waals surface area contributed by atoms with Gasteiger partial charge in [0.05, 0.1) is 0 Å².